The number of hydrogen-bond donors (Lipinski definition) is 0. The summed E-state index contributed by atoms with van der Waals surface area (Å²) in [6.45, 7) is 9.28. The van der Waals surface area contributed by atoms with Crippen molar-refractivity contribution in [2.45, 2.75) is 37.7 Å². The van der Waals surface area contributed by atoms with Gasteiger partial charge in [0.25, 0.3) is 0 Å². The molecule has 2 unspecified atom stereocenters. The van der Waals surface area contributed by atoms with Crippen LogP contribution in [-0.4, -0.2) is 0 Å². The van der Waals surface area contributed by atoms with E-state index >= 15 is 0 Å². The molecule has 2 aromatic rings. The third-order valence-corrected chi connectivity index (χ3v) is 7.14. The van der Waals surface area contributed by atoms with Crippen LogP contribution in [0.25, 0.3) is 16.7 Å². The molecular formula is C24H25Cl2Zr. The van der Waals surface area contributed by atoms with Gasteiger partial charge < -0.3 is 24.8 Å². The fourth-order valence-corrected chi connectivity index (χ4v) is 5.61. The Balaban J connectivity index is 0.00000131. The van der Waals surface area contributed by atoms with Crippen LogP contribution < -0.4 is 24.8 Å². The van der Waals surface area contributed by atoms with Gasteiger partial charge >= 0.3 is 167 Å². The van der Waals surface area contributed by atoms with E-state index in [1.165, 1.54) is 39.8 Å². The second-order valence-corrected chi connectivity index (χ2v) is 9.69. The molecular weight excluding hydrogens is 450 g/mol. The van der Waals surface area contributed by atoms with E-state index in [1.54, 1.807) is 30.3 Å². The summed E-state index contributed by atoms with van der Waals surface area (Å²) in [5.74, 6) is 0.549. The van der Waals surface area contributed by atoms with Crippen LogP contribution in [0.5, 0.6) is 0 Å². The SMILES string of the molecule is CCC1C=C(C(C)(C)C)C=C1c1cccc2c1[CH]([Zr+2])c1ccccc1-2.[Cl-].[Cl-]. The molecule has 0 saturated carbocycles. The van der Waals surface area contributed by atoms with Crippen molar-refractivity contribution < 1.29 is 49.5 Å². The minimum absolute atomic E-state index is 0. The maximum absolute atomic E-state index is 2.51. The zero-order chi connectivity index (χ0) is 17.8. The van der Waals surface area contributed by atoms with Crippen LogP contribution in [0.1, 0.15) is 54.4 Å². The Labute approximate surface area is 191 Å². The first kappa shape index (κ1) is 22.7. The first-order valence-corrected chi connectivity index (χ1v) is 10.7. The van der Waals surface area contributed by atoms with Gasteiger partial charge in [0.05, 0.1) is 0 Å². The van der Waals surface area contributed by atoms with Crippen LogP contribution >= 0.6 is 0 Å². The van der Waals surface area contributed by atoms with E-state index < -0.39 is 0 Å². The number of benzene rings is 2. The quantitative estimate of drug-likeness (QED) is 0.600. The molecule has 0 fully saturated rings. The van der Waals surface area contributed by atoms with E-state index in [2.05, 4.69) is 82.3 Å². The van der Waals surface area contributed by atoms with Crippen molar-refractivity contribution in [2.75, 3.05) is 0 Å². The van der Waals surface area contributed by atoms with Crippen molar-refractivity contribution in [3.05, 3.63) is 76.9 Å². The first-order valence-electron chi connectivity index (χ1n) is 9.29. The van der Waals surface area contributed by atoms with Gasteiger partial charge in [-0.25, -0.2) is 0 Å². The first-order chi connectivity index (χ1) is 11.9. The molecule has 0 heterocycles. The standard InChI is InChI=1S/C24H25.2ClH.Zr/c1-5-16-13-18(24(2,3)4)15-22(16)21-12-8-11-20-19-10-7-6-9-17(19)14-23(20)21;;;/h6-16H,5H2,1-4H3;2*1H;/q;;;+2/p-2. The molecule has 2 aromatic carbocycles. The van der Waals surface area contributed by atoms with Gasteiger partial charge in [-0.05, 0) is 0 Å². The van der Waals surface area contributed by atoms with Crippen molar-refractivity contribution in [3.63, 3.8) is 0 Å². The van der Waals surface area contributed by atoms with Crippen molar-refractivity contribution >= 4 is 5.57 Å². The van der Waals surface area contributed by atoms with Gasteiger partial charge in [0.15, 0.2) is 0 Å². The topological polar surface area (TPSA) is 0 Å². The number of rotatable bonds is 2. The zero-order valence-corrected chi connectivity index (χ0v) is 20.3. The fourth-order valence-electron chi connectivity index (χ4n) is 4.22. The number of hydrogen-bond acceptors (Lipinski definition) is 0. The minimum atomic E-state index is 0. The van der Waals surface area contributed by atoms with E-state index in [4.69, 9.17) is 0 Å². The predicted molar refractivity (Wildman–Crippen MR) is 103 cm³/mol. The van der Waals surface area contributed by atoms with Crippen LogP contribution in [0.3, 0.4) is 0 Å². The summed E-state index contributed by atoms with van der Waals surface area (Å²) in [6.07, 6.45) is 6.16. The molecule has 0 saturated heterocycles. The van der Waals surface area contributed by atoms with Crippen LogP contribution in [0, 0.1) is 11.3 Å². The van der Waals surface area contributed by atoms with E-state index in [0.717, 1.165) is 0 Å². The molecule has 27 heavy (non-hydrogen) atoms. The second kappa shape index (κ2) is 8.40. The molecule has 139 valence electrons. The Morgan fingerprint density at radius 1 is 0.889 bits per heavy atom. The summed E-state index contributed by atoms with van der Waals surface area (Å²) in [5.41, 5.74) is 10.7. The Kier molecular flexibility index (Phi) is 7.05. The molecule has 0 spiro atoms. The largest absolute Gasteiger partial charge is 1.00 e. The number of halogens is 2. The summed E-state index contributed by atoms with van der Waals surface area (Å²) < 4.78 is 0.562. The average molecular weight is 476 g/mol. The molecule has 3 heteroatoms. The molecule has 2 aliphatic carbocycles. The maximum Gasteiger partial charge on any atom is -1.00 e. The monoisotopic (exact) mass is 473 g/mol. The van der Waals surface area contributed by atoms with Gasteiger partial charge in [-0.3, -0.25) is 0 Å². The van der Waals surface area contributed by atoms with E-state index in [9.17, 15) is 0 Å². The molecule has 2 atom stereocenters. The summed E-state index contributed by atoms with van der Waals surface area (Å²) in [4.78, 5) is 0. The summed E-state index contributed by atoms with van der Waals surface area (Å²) in [5, 5.41) is 0. The van der Waals surface area contributed by atoms with Crippen LogP contribution in [0.2, 0.25) is 0 Å². The van der Waals surface area contributed by atoms with E-state index in [0.29, 0.717) is 9.54 Å². The fraction of sp³-hybridized carbons (Fsp3) is 0.333. The second-order valence-electron chi connectivity index (χ2n) is 8.27. The van der Waals surface area contributed by atoms with Gasteiger partial charge in [0.1, 0.15) is 0 Å². The maximum atomic E-state index is 2.51. The van der Waals surface area contributed by atoms with Gasteiger partial charge in [0.2, 0.25) is 0 Å². The summed E-state index contributed by atoms with van der Waals surface area (Å²) in [7, 11) is 0. The summed E-state index contributed by atoms with van der Waals surface area (Å²) in [6, 6.07) is 15.9. The van der Waals surface area contributed by atoms with Crippen LogP contribution in [0.4, 0.5) is 0 Å². The van der Waals surface area contributed by atoms with E-state index in [-0.39, 0.29) is 30.2 Å². The third kappa shape index (κ3) is 3.81. The van der Waals surface area contributed by atoms with Gasteiger partial charge in [-0.15, -0.1) is 0 Å². The minimum Gasteiger partial charge on any atom is -1.00 e. The molecule has 4 rings (SSSR count). The smallest absolute Gasteiger partial charge is 1.00 e. The third-order valence-electron chi connectivity index (χ3n) is 5.66. The molecule has 0 amide bonds. The van der Waals surface area contributed by atoms with Gasteiger partial charge in [0, 0.05) is 0 Å². The molecule has 0 radical (unpaired) electrons. The Morgan fingerprint density at radius 3 is 2.19 bits per heavy atom. The van der Waals surface area contributed by atoms with Crippen molar-refractivity contribution in [1.29, 1.82) is 0 Å². The zero-order valence-electron chi connectivity index (χ0n) is 16.3. The average Bonchev–Trinajstić information content (AvgIpc) is 3.16. The van der Waals surface area contributed by atoms with Crippen molar-refractivity contribution in [2.24, 2.45) is 11.3 Å². The Morgan fingerprint density at radius 2 is 1.52 bits per heavy atom. The number of fused-ring (bicyclic) bond motifs is 3. The number of allylic oxidation sites excluding steroid dienone is 4. The predicted octanol–water partition coefficient (Wildman–Crippen LogP) is 0.707. The normalized spacial score (nSPS) is 20.1. The Bertz CT molecular complexity index is 903. The van der Waals surface area contributed by atoms with Crippen LogP contribution in [-0.2, 0) is 24.7 Å². The van der Waals surface area contributed by atoms with Crippen molar-refractivity contribution in [1.82, 2.24) is 0 Å². The molecule has 0 nitrogen and oxygen atoms in total. The van der Waals surface area contributed by atoms with Crippen molar-refractivity contribution in [3.8, 4) is 11.1 Å². The Hall–Kier alpha value is -0.617. The van der Waals surface area contributed by atoms with Gasteiger partial charge in [-0.1, -0.05) is 0 Å². The van der Waals surface area contributed by atoms with Gasteiger partial charge in [-0.2, -0.15) is 0 Å². The van der Waals surface area contributed by atoms with E-state index in [1.807, 2.05) is 0 Å². The molecule has 0 bridgehead atoms. The summed E-state index contributed by atoms with van der Waals surface area (Å²) >= 11 is 1.59. The molecule has 2 aliphatic rings. The molecule has 0 aromatic heterocycles. The van der Waals surface area contributed by atoms with Crippen LogP contribution in [0.15, 0.2) is 60.2 Å². The molecule has 0 N–H and O–H groups in total. The molecule has 0 aliphatic heterocycles.